The van der Waals surface area contributed by atoms with E-state index in [0.717, 1.165) is 30.4 Å². The van der Waals surface area contributed by atoms with Gasteiger partial charge in [0.2, 0.25) is 0 Å². The van der Waals surface area contributed by atoms with E-state index in [1.165, 1.54) is 0 Å². The van der Waals surface area contributed by atoms with E-state index in [-0.39, 0.29) is 24.4 Å². The molecule has 2 aliphatic heterocycles. The smallest absolute Gasteiger partial charge is 0.411 e. The molecule has 0 amide bonds. The average molecular weight is 518 g/mol. The Labute approximate surface area is 211 Å². The van der Waals surface area contributed by atoms with Crippen LogP contribution in [-0.2, 0) is 36.0 Å². The highest BCUT2D eigenvalue weighted by molar-refractivity contribution is 7.51. The standard InChI is InChI=1S/C27H40NO5PSi/c1-26(2,3)35(4,5)32-22-27-18-12-17-25(33-27)19-28(27)34(29,30-20-23-13-8-6-9-14-23)31-21-24-15-10-7-11-16-24/h6-11,13-16,25H,12,17-22H2,1-5H3/t25-,27-/m0/s1. The monoisotopic (exact) mass is 517 g/mol. The van der Waals surface area contributed by atoms with Gasteiger partial charge in [-0.3, -0.25) is 9.05 Å². The van der Waals surface area contributed by atoms with E-state index in [1.807, 2.05) is 65.3 Å². The van der Waals surface area contributed by atoms with Gasteiger partial charge in [0.25, 0.3) is 0 Å². The number of nitrogens with zero attached hydrogens (tertiary/aromatic N) is 1. The zero-order valence-corrected chi connectivity index (χ0v) is 23.6. The van der Waals surface area contributed by atoms with Gasteiger partial charge in [-0.05, 0) is 48.5 Å². The molecular weight excluding hydrogens is 477 g/mol. The van der Waals surface area contributed by atoms with Crippen molar-refractivity contribution >= 4 is 16.1 Å². The number of benzene rings is 2. The number of rotatable bonds is 10. The molecule has 2 aliphatic rings. The molecule has 6 nitrogen and oxygen atoms in total. The topological polar surface area (TPSA) is 57.2 Å². The second-order valence-electron chi connectivity index (χ2n) is 11.2. The first kappa shape index (κ1) is 26.7. The molecule has 2 fully saturated rings. The van der Waals surface area contributed by atoms with Gasteiger partial charge in [-0.2, -0.15) is 4.67 Å². The molecule has 0 aliphatic carbocycles. The van der Waals surface area contributed by atoms with Crippen LogP contribution in [0.25, 0.3) is 0 Å². The fourth-order valence-electron chi connectivity index (χ4n) is 4.36. The molecule has 2 atom stereocenters. The van der Waals surface area contributed by atoms with Crippen LogP contribution in [0.2, 0.25) is 18.1 Å². The fraction of sp³-hybridized carbons (Fsp3) is 0.556. The van der Waals surface area contributed by atoms with E-state index in [9.17, 15) is 4.57 Å². The molecule has 2 saturated heterocycles. The van der Waals surface area contributed by atoms with E-state index in [1.54, 1.807) is 0 Å². The van der Waals surface area contributed by atoms with E-state index >= 15 is 0 Å². The Morgan fingerprint density at radius 1 is 1.00 bits per heavy atom. The van der Waals surface area contributed by atoms with Gasteiger partial charge < -0.3 is 9.16 Å². The maximum Gasteiger partial charge on any atom is 0.411 e. The first-order valence-electron chi connectivity index (χ1n) is 12.6. The molecule has 2 aromatic rings. The second kappa shape index (κ2) is 10.6. The van der Waals surface area contributed by atoms with Crippen molar-refractivity contribution in [2.24, 2.45) is 0 Å². The Bertz CT molecular complexity index is 966. The minimum atomic E-state index is -3.71. The third-order valence-corrected chi connectivity index (χ3v) is 14.1. The van der Waals surface area contributed by atoms with Gasteiger partial charge in [0, 0.05) is 6.54 Å². The third-order valence-electron chi connectivity index (χ3n) is 7.56. The fourth-order valence-corrected chi connectivity index (χ4v) is 7.39. The van der Waals surface area contributed by atoms with Gasteiger partial charge in [0.05, 0.1) is 25.9 Å². The summed E-state index contributed by atoms with van der Waals surface area (Å²) in [6, 6.07) is 19.6. The lowest BCUT2D eigenvalue weighted by Gasteiger charge is -2.44. The maximum atomic E-state index is 14.6. The highest BCUT2D eigenvalue weighted by atomic mass is 31.2. The molecule has 0 aromatic heterocycles. The summed E-state index contributed by atoms with van der Waals surface area (Å²) >= 11 is 0. The predicted octanol–water partition coefficient (Wildman–Crippen LogP) is 7.13. The molecule has 2 bridgehead atoms. The minimum Gasteiger partial charge on any atom is -0.412 e. The predicted molar refractivity (Wildman–Crippen MR) is 141 cm³/mol. The van der Waals surface area contributed by atoms with E-state index < -0.39 is 21.8 Å². The maximum absolute atomic E-state index is 14.6. The Morgan fingerprint density at radius 3 is 2.06 bits per heavy atom. The average Bonchev–Trinajstić information content (AvgIpc) is 3.11. The Morgan fingerprint density at radius 2 is 1.54 bits per heavy atom. The summed E-state index contributed by atoms with van der Waals surface area (Å²) in [6.45, 7) is 12.4. The van der Waals surface area contributed by atoms with Gasteiger partial charge in [-0.15, -0.1) is 0 Å². The molecule has 35 heavy (non-hydrogen) atoms. The third kappa shape index (κ3) is 6.16. The van der Waals surface area contributed by atoms with Crippen LogP contribution in [0, 0.1) is 0 Å². The van der Waals surface area contributed by atoms with E-state index in [4.69, 9.17) is 18.2 Å². The number of hydrogen-bond donors (Lipinski definition) is 0. The molecule has 0 unspecified atom stereocenters. The molecule has 2 aromatic carbocycles. The summed E-state index contributed by atoms with van der Waals surface area (Å²) < 4.78 is 42.0. The summed E-state index contributed by atoms with van der Waals surface area (Å²) in [7, 11) is -5.75. The summed E-state index contributed by atoms with van der Waals surface area (Å²) in [4.78, 5) is 0. The Hall–Kier alpha value is -1.31. The number of hydrogen-bond acceptors (Lipinski definition) is 5. The van der Waals surface area contributed by atoms with Gasteiger partial charge in [0.1, 0.15) is 0 Å². The summed E-state index contributed by atoms with van der Waals surface area (Å²) in [5, 5.41) is 0.0679. The van der Waals surface area contributed by atoms with Crippen LogP contribution in [0.1, 0.15) is 51.2 Å². The van der Waals surface area contributed by atoms with Crippen LogP contribution < -0.4 is 0 Å². The zero-order chi connectivity index (χ0) is 25.2. The van der Waals surface area contributed by atoms with Crippen molar-refractivity contribution in [1.29, 1.82) is 0 Å². The van der Waals surface area contributed by atoms with Crippen LogP contribution in [0.15, 0.2) is 60.7 Å². The van der Waals surface area contributed by atoms with E-state index in [2.05, 4.69) is 33.9 Å². The van der Waals surface area contributed by atoms with Gasteiger partial charge >= 0.3 is 7.75 Å². The molecule has 0 N–H and O–H groups in total. The highest BCUT2D eigenvalue weighted by Gasteiger charge is 2.58. The van der Waals surface area contributed by atoms with Crippen LogP contribution in [-0.4, -0.2) is 38.0 Å². The van der Waals surface area contributed by atoms with Crippen molar-refractivity contribution in [2.45, 2.75) is 83.2 Å². The second-order valence-corrected chi connectivity index (χ2v) is 17.9. The molecule has 2 heterocycles. The largest absolute Gasteiger partial charge is 0.412 e. The zero-order valence-electron chi connectivity index (χ0n) is 21.7. The van der Waals surface area contributed by atoms with Crippen molar-refractivity contribution in [3.63, 3.8) is 0 Å². The summed E-state index contributed by atoms with van der Waals surface area (Å²) in [6.07, 6.45) is 2.68. The molecule has 8 heteroatoms. The highest BCUT2D eigenvalue weighted by Crippen LogP contribution is 2.61. The molecule has 192 valence electrons. The van der Waals surface area contributed by atoms with Crippen molar-refractivity contribution in [1.82, 2.24) is 4.67 Å². The number of fused-ring (bicyclic) bond motifs is 2. The van der Waals surface area contributed by atoms with Crippen LogP contribution in [0.3, 0.4) is 0 Å². The number of ether oxygens (including phenoxy) is 1. The lowest BCUT2D eigenvalue weighted by atomic mass is 10.0. The van der Waals surface area contributed by atoms with Crippen LogP contribution in [0.4, 0.5) is 0 Å². The van der Waals surface area contributed by atoms with Crippen molar-refractivity contribution in [2.75, 3.05) is 13.2 Å². The van der Waals surface area contributed by atoms with Crippen LogP contribution >= 0.6 is 7.75 Å². The van der Waals surface area contributed by atoms with Crippen molar-refractivity contribution in [3.05, 3.63) is 71.8 Å². The van der Waals surface area contributed by atoms with Crippen molar-refractivity contribution < 1.29 is 22.8 Å². The normalized spacial score (nSPS) is 23.5. The Kier molecular flexibility index (Phi) is 8.09. The van der Waals surface area contributed by atoms with Crippen molar-refractivity contribution in [3.8, 4) is 0 Å². The first-order chi connectivity index (χ1) is 16.5. The SMILES string of the molecule is CC(C)(C)[Si](C)(C)OC[C@@]12CCC[C@@H](CN1P(=O)(OCc1ccccc1)OCc1ccccc1)O2. The Balaban J connectivity index is 1.60. The van der Waals surface area contributed by atoms with E-state index in [0.29, 0.717) is 13.2 Å². The first-order valence-corrected chi connectivity index (χ1v) is 17.0. The van der Waals surface area contributed by atoms with Gasteiger partial charge in [-0.25, -0.2) is 4.57 Å². The molecule has 0 radical (unpaired) electrons. The molecule has 4 rings (SSSR count). The molecular formula is C27H40NO5PSi. The molecule has 0 spiro atoms. The summed E-state index contributed by atoms with van der Waals surface area (Å²) in [5.41, 5.74) is 1.10. The summed E-state index contributed by atoms with van der Waals surface area (Å²) in [5.74, 6) is 0. The lowest BCUT2D eigenvalue weighted by Crippen LogP contribution is -2.52. The quantitative estimate of drug-likeness (QED) is 0.247. The minimum absolute atomic E-state index is 0.000686. The van der Waals surface area contributed by atoms with Gasteiger partial charge in [0.15, 0.2) is 14.0 Å². The molecule has 0 saturated carbocycles. The van der Waals surface area contributed by atoms with Gasteiger partial charge in [-0.1, -0.05) is 81.4 Å². The lowest BCUT2D eigenvalue weighted by molar-refractivity contribution is -0.139. The van der Waals surface area contributed by atoms with Crippen LogP contribution in [0.5, 0.6) is 0 Å².